The van der Waals surface area contributed by atoms with Gasteiger partial charge in [0.15, 0.2) is 17.4 Å². The molecule has 0 unspecified atom stereocenters. The van der Waals surface area contributed by atoms with E-state index in [0.29, 0.717) is 11.5 Å². The largest absolute Gasteiger partial charge is 0.508 e. The van der Waals surface area contributed by atoms with Crippen LogP contribution in [0.3, 0.4) is 0 Å². The van der Waals surface area contributed by atoms with Crippen LogP contribution in [0.2, 0.25) is 0 Å². The topological polar surface area (TPSA) is 36.9 Å². The number of hydrogen-bond acceptors (Lipinski definition) is 2. The number of para-hydroxylation sites is 3. The van der Waals surface area contributed by atoms with Gasteiger partial charge in [0.2, 0.25) is 0 Å². The molecule has 3 aromatic heterocycles. The van der Waals surface area contributed by atoms with Gasteiger partial charge in [0, 0.05) is 69.1 Å². The number of pyridine rings is 1. The minimum Gasteiger partial charge on any atom is -0.508 e. The van der Waals surface area contributed by atoms with Crippen molar-refractivity contribution in [3.05, 3.63) is 121 Å². The van der Waals surface area contributed by atoms with Gasteiger partial charge in [-0.05, 0) is 52.1 Å². The van der Waals surface area contributed by atoms with Crippen molar-refractivity contribution in [2.24, 2.45) is 7.05 Å². The smallest absolute Gasteiger partial charge is 0.188 e. The average Bonchev–Trinajstić information content (AvgIpc) is 3.50. The van der Waals surface area contributed by atoms with Crippen LogP contribution in [-0.2, 0) is 38.9 Å². The maximum atomic E-state index is 6.54. The standard InChI is InChI=1S/C39H37N4O.Pt/c1-38(2,3)26-20-21-40-37(22-26)43-32-13-9-8-12-29(32)30-18-16-27(23-35(30)43)44-28-17-19-31(39(4,5)6)36(24-28)42-25-41(7)33-14-10-11-15-34(33)42;/h8-22,25H,1-7H3;/q-1;. The fourth-order valence-electron chi connectivity index (χ4n) is 6.06. The second-order valence-corrected chi connectivity index (χ2v) is 13.6. The third kappa shape index (κ3) is 5.48. The quantitative estimate of drug-likeness (QED) is 0.167. The molecule has 7 aromatic rings. The molecule has 4 aromatic carbocycles. The van der Waals surface area contributed by atoms with E-state index in [9.17, 15) is 0 Å². The Morgan fingerprint density at radius 1 is 0.711 bits per heavy atom. The van der Waals surface area contributed by atoms with Gasteiger partial charge in [-0.3, -0.25) is 0 Å². The third-order valence-electron chi connectivity index (χ3n) is 8.37. The molecular weight excluding hydrogens is 736 g/mol. The number of benzene rings is 4. The predicted molar refractivity (Wildman–Crippen MR) is 180 cm³/mol. The van der Waals surface area contributed by atoms with E-state index in [0.717, 1.165) is 44.3 Å². The fraction of sp³-hybridized carbons (Fsp3) is 0.231. The summed E-state index contributed by atoms with van der Waals surface area (Å²) < 4.78 is 13.1. The molecule has 0 bridgehead atoms. The van der Waals surface area contributed by atoms with Crippen LogP contribution in [0.25, 0.3) is 44.3 Å². The summed E-state index contributed by atoms with van der Waals surface area (Å²) >= 11 is 0. The van der Waals surface area contributed by atoms with Crippen LogP contribution in [-0.4, -0.2) is 18.7 Å². The van der Waals surface area contributed by atoms with Crippen LogP contribution in [0.4, 0.5) is 0 Å². The predicted octanol–water partition coefficient (Wildman–Crippen LogP) is 9.73. The first-order chi connectivity index (χ1) is 21.0. The summed E-state index contributed by atoms with van der Waals surface area (Å²) in [6.45, 7) is 13.4. The molecule has 0 spiro atoms. The van der Waals surface area contributed by atoms with Crippen molar-refractivity contribution < 1.29 is 25.8 Å². The number of nitrogens with zero attached hydrogens (tertiary/aromatic N) is 4. The Kier molecular flexibility index (Phi) is 7.73. The van der Waals surface area contributed by atoms with Crippen molar-refractivity contribution in [2.75, 3.05) is 0 Å². The summed E-state index contributed by atoms with van der Waals surface area (Å²) in [6, 6.07) is 36.7. The Labute approximate surface area is 279 Å². The molecule has 0 atom stereocenters. The summed E-state index contributed by atoms with van der Waals surface area (Å²) in [5.74, 6) is 2.13. The van der Waals surface area contributed by atoms with Crippen LogP contribution in [0.15, 0.2) is 97.5 Å². The third-order valence-corrected chi connectivity index (χ3v) is 8.37. The molecule has 0 aliphatic carbocycles. The zero-order chi connectivity index (χ0) is 30.8. The Balaban J connectivity index is 0.00000357. The normalized spacial score (nSPS) is 12.2. The minimum atomic E-state index is -0.0884. The molecule has 0 aliphatic rings. The molecule has 0 saturated heterocycles. The van der Waals surface area contributed by atoms with E-state index in [1.54, 1.807) is 0 Å². The second-order valence-electron chi connectivity index (χ2n) is 13.6. The molecule has 6 heteroatoms. The van der Waals surface area contributed by atoms with E-state index in [1.807, 2.05) is 18.3 Å². The minimum absolute atomic E-state index is 0. The fourth-order valence-corrected chi connectivity index (χ4v) is 6.06. The number of fused-ring (bicyclic) bond motifs is 4. The Morgan fingerprint density at radius 2 is 1.38 bits per heavy atom. The number of rotatable bonds is 4. The molecule has 0 N–H and O–H groups in total. The number of aryl methyl sites for hydroxylation is 1. The number of hydrogen-bond donors (Lipinski definition) is 0. The van der Waals surface area contributed by atoms with E-state index < -0.39 is 0 Å². The molecule has 5 nitrogen and oxygen atoms in total. The zero-order valence-corrected chi connectivity index (χ0v) is 29.0. The van der Waals surface area contributed by atoms with Crippen LogP contribution < -0.4 is 4.74 Å². The van der Waals surface area contributed by atoms with E-state index in [-0.39, 0.29) is 31.9 Å². The molecule has 7 rings (SSSR count). The molecule has 0 saturated carbocycles. The van der Waals surface area contributed by atoms with Gasteiger partial charge in [-0.25, -0.2) is 9.55 Å². The van der Waals surface area contributed by atoms with Crippen molar-refractivity contribution in [3.63, 3.8) is 0 Å². The average molecular weight is 773 g/mol. The first-order valence-corrected chi connectivity index (χ1v) is 15.1. The second kappa shape index (κ2) is 11.3. The van der Waals surface area contributed by atoms with Crippen molar-refractivity contribution in [2.45, 2.75) is 52.4 Å². The summed E-state index contributed by atoms with van der Waals surface area (Å²) in [4.78, 5) is 4.81. The van der Waals surface area contributed by atoms with E-state index >= 15 is 0 Å². The molecule has 0 aliphatic heterocycles. The molecule has 0 amide bonds. The van der Waals surface area contributed by atoms with E-state index in [4.69, 9.17) is 9.72 Å². The van der Waals surface area contributed by atoms with Gasteiger partial charge in [-0.2, -0.15) is 16.7 Å². The van der Waals surface area contributed by atoms with E-state index in [1.165, 1.54) is 11.1 Å². The summed E-state index contributed by atoms with van der Waals surface area (Å²) in [5.41, 5.74) is 7.60. The molecule has 45 heavy (non-hydrogen) atoms. The molecule has 3 heterocycles. The molecular formula is C39H37N4OPt-. The van der Waals surface area contributed by atoms with Crippen LogP contribution in [0, 0.1) is 12.1 Å². The van der Waals surface area contributed by atoms with Gasteiger partial charge in [0.05, 0.1) is 0 Å². The van der Waals surface area contributed by atoms with Crippen molar-refractivity contribution >= 4 is 32.8 Å². The number of ether oxygens (including phenoxy) is 1. The van der Waals surface area contributed by atoms with Crippen molar-refractivity contribution in [3.8, 4) is 23.0 Å². The molecule has 0 fully saturated rings. The Bertz CT molecular complexity index is 2190. The molecule has 0 radical (unpaired) electrons. The van der Waals surface area contributed by atoms with Gasteiger partial charge in [0.1, 0.15) is 5.82 Å². The summed E-state index contributed by atoms with van der Waals surface area (Å²) in [5, 5.41) is 2.26. The van der Waals surface area contributed by atoms with Crippen molar-refractivity contribution in [1.82, 2.24) is 18.7 Å². The molecule has 230 valence electrons. The SMILES string of the molecule is Cn1[cH+]n(-c2[c-]c(Oc3[c-]c4c(cc3)c3ccccc3n4-c3cc(C(C)(C)C)ccn3)ccc2C(C)(C)C)c2ccccc21.[Pt]. The van der Waals surface area contributed by atoms with Gasteiger partial charge < -0.3 is 9.30 Å². The van der Waals surface area contributed by atoms with Crippen molar-refractivity contribution in [1.29, 1.82) is 0 Å². The first-order valence-electron chi connectivity index (χ1n) is 15.1. The monoisotopic (exact) mass is 772 g/mol. The van der Waals surface area contributed by atoms with Gasteiger partial charge in [-0.15, -0.1) is 23.6 Å². The van der Waals surface area contributed by atoms with E-state index in [2.05, 4.69) is 154 Å². The van der Waals surface area contributed by atoms with Crippen LogP contribution in [0.5, 0.6) is 11.5 Å². The first kappa shape index (κ1) is 30.8. The number of aromatic nitrogens is 4. The maximum absolute atomic E-state index is 6.54. The van der Waals surface area contributed by atoms with Crippen LogP contribution >= 0.6 is 0 Å². The van der Waals surface area contributed by atoms with Gasteiger partial charge in [0.25, 0.3) is 0 Å². The maximum Gasteiger partial charge on any atom is 0.188 e. The number of imidazole rings is 1. The summed E-state index contributed by atoms with van der Waals surface area (Å²) in [7, 11) is 2.07. The zero-order valence-electron chi connectivity index (χ0n) is 26.8. The van der Waals surface area contributed by atoms with Crippen LogP contribution in [0.1, 0.15) is 52.7 Å². The Hall–Kier alpha value is -4.21. The van der Waals surface area contributed by atoms with Gasteiger partial charge >= 0.3 is 0 Å². The summed E-state index contributed by atoms with van der Waals surface area (Å²) in [6.07, 6.45) is 4.01. The Morgan fingerprint density at radius 3 is 2.11 bits per heavy atom. The van der Waals surface area contributed by atoms with Gasteiger partial charge in [-0.1, -0.05) is 76.9 Å².